The van der Waals surface area contributed by atoms with Crippen molar-refractivity contribution in [2.75, 3.05) is 10.0 Å². The molecular weight excluding hydrogens is 388 g/mol. The molecule has 0 aliphatic heterocycles. The lowest BCUT2D eigenvalue weighted by molar-refractivity contribution is 0.972. The van der Waals surface area contributed by atoms with Crippen molar-refractivity contribution in [2.45, 2.75) is 41.5 Å². The summed E-state index contributed by atoms with van der Waals surface area (Å²) in [6.07, 6.45) is 0. The molecule has 0 unspecified atom stereocenters. The summed E-state index contributed by atoms with van der Waals surface area (Å²) < 4.78 is 0. The van der Waals surface area contributed by atoms with Crippen LogP contribution in [0.3, 0.4) is 0 Å². The van der Waals surface area contributed by atoms with Crippen LogP contribution in [0.5, 0.6) is 0 Å². The van der Waals surface area contributed by atoms with E-state index in [1.165, 1.54) is 44.8 Å². The van der Waals surface area contributed by atoms with E-state index in [2.05, 4.69) is 136 Å². The Morgan fingerprint density at radius 2 is 0.812 bits per heavy atom. The van der Waals surface area contributed by atoms with Gasteiger partial charge < -0.3 is 0 Å². The Hall–Kier alpha value is -3.52. The van der Waals surface area contributed by atoms with Crippen LogP contribution in [0.15, 0.2) is 84.9 Å². The monoisotopic (exact) mass is 420 g/mol. The van der Waals surface area contributed by atoms with Crippen molar-refractivity contribution in [3.8, 4) is 0 Å². The molecule has 0 aliphatic rings. The maximum atomic E-state index is 2.37. The van der Waals surface area contributed by atoms with Crippen LogP contribution < -0.4 is 10.0 Å². The minimum atomic E-state index is 1.13. The molecule has 0 aromatic heterocycles. The van der Waals surface area contributed by atoms with Gasteiger partial charge in [0.15, 0.2) is 0 Å². The van der Waals surface area contributed by atoms with E-state index < -0.39 is 0 Å². The van der Waals surface area contributed by atoms with E-state index in [1.54, 1.807) is 0 Å². The van der Waals surface area contributed by atoms with Crippen molar-refractivity contribution in [1.29, 1.82) is 0 Å². The third-order valence-electron chi connectivity index (χ3n) is 5.85. The summed E-state index contributed by atoms with van der Waals surface area (Å²) in [6.45, 7) is 13.0. The van der Waals surface area contributed by atoms with Gasteiger partial charge in [0, 0.05) is 0 Å². The molecule has 0 spiro atoms. The number of aryl methyl sites for hydroxylation is 6. The molecule has 0 atom stereocenters. The Labute approximate surface area is 192 Å². The molecule has 0 bridgehead atoms. The Bertz CT molecular complexity index is 1160. The van der Waals surface area contributed by atoms with Gasteiger partial charge in [-0.1, -0.05) is 59.7 Å². The zero-order valence-corrected chi connectivity index (χ0v) is 20.0. The summed E-state index contributed by atoms with van der Waals surface area (Å²) in [5.74, 6) is 0. The van der Waals surface area contributed by atoms with E-state index in [-0.39, 0.29) is 0 Å². The van der Waals surface area contributed by atoms with E-state index in [4.69, 9.17) is 0 Å². The molecule has 32 heavy (non-hydrogen) atoms. The number of hydrogen-bond acceptors (Lipinski definition) is 2. The van der Waals surface area contributed by atoms with E-state index >= 15 is 0 Å². The predicted octanol–water partition coefficient (Wildman–Crippen LogP) is 8.43. The van der Waals surface area contributed by atoms with Crippen LogP contribution in [0, 0.1) is 41.5 Å². The predicted molar refractivity (Wildman–Crippen MR) is 138 cm³/mol. The van der Waals surface area contributed by atoms with Crippen LogP contribution in [-0.2, 0) is 0 Å². The van der Waals surface area contributed by atoms with Crippen molar-refractivity contribution in [2.24, 2.45) is 0 Å². The first-order chi connectivity index (χ1) is 15.3. The zero-order chi connectivity index (χ0) is 22.8. The van der Waals surface area contributed by atoms with Gasteiger partial charge in [-0.25, -0.2) is 10.0 Å². The summed E-state index contributed by atoms with van der Waals surface area (Å²) in [5.41, 5.74) is 12.1. The van der Waals surface area contributed by atoms with Gasteiger partial charge >= 0.3 is 0 Å². The van der Waals surface area contributed by atoms with Crippen LogP contribution in [0.2, 0.25) is 0 Å². The molecule has 4 aromatic carbocycles. The number of hydrazine groups is 1. The van der Waals surface area contributed by atoms with Crippen LogP contribution in [0.1, 0.15) is 33.4 Å². The highest BCUT2D eigenvalue weighted by Crippen LogP contribution is 2.40. The molecule has 0 fully saturated rings. The Morgan fingerprint density at radius 1 is 0.406 bits per heavy atom. The molecule has 0 saturated carbocycles. The fourth-order valence-electron chi connectivity index (χ4n) is 4.33. The molecule has 2 heteroatoms. The van der Waals surface area contributed by atoms with Crippen molar-refractivity contribution in [3.05, 3.63) is 118 Å². The molecule has 0 radical (unpaired) electrons. The highest BCUT2D eigenvalue weighted by molar-refractivity contribution is 5.80. The largest absolute Gasteiger partial charge is 0.249 e. The van der Waals surface area contributed by atoms with Gasteiger partial charge in [0.25, 0.3) is 0 Å². The molecule has 162 valence electrons. The molecule has 0 amide bonds. The van der Waals surface area contributed by atoms with Gasteiger partial charge in [0.1, 0.15) is 0 Å². The highest BCUT2D eigenvalue weighted by atomic mass is 15.6. The number of nitrogens with zero attached hydrogens (tertiary/aromatic N) is 2. The van der Waals surface area contributed by atoms with Crippen molar-refractivity contribution < 1.29 is 0 Å². The van der Waals surface area contributed by atoms with E-state index in [0.717, 1.165) is 11.4 Å². The van der Waals surface area contributed by atoms with Crippen molar-refractivity contribution in [3.63, 3.8) is 0 Å². The minimum Gasteiger partial charge on any atom is -0.249 e. The third kappa shape index (κ3) is 4.40. The van der Waals surface area contributed by atoms with Gasteiger partial charge in [-0.15, -0.1) is 0 Å². The fraction of sp³-hybridized carbons (Fsp3) is 0.200. The minimum absolute atomic E-state index is 1.13. The number of benzene rings is 4. The van der Waals surface area contributed by atoms with E-state index in [9.17, 15) is 0 Å². The number of rotatable bonds is 5. The van der Waals surface area contributed by atoms with Gasteiger partial charge in [0.2, 0.25) is 0 Å². The maximum Gasteiger partial charge on any atom is 0.0666 e. The standard InChI is InChI=1S/C30H32N2/c1-21-9-7-11-27(19-21)31(28-12-8-10-22(2)20-28)32(29-15-13-23(3)17-25(29)5)30-16-14-24(4)18-26(30)6/h7-20H,1-6H3. The highest BCUT2D eigenvalue weighted by Gasteiger charge is 2.24. The third-order valence-corrected chi connectivity index (χ3v) is 5.85. The van der Waals surface area contributed by atoms with Gasteiger partial charge in [0.05, 0.1) is 22.7 Å². The Balaban J connectivity index is 2.04. The Morgan fingerprint density at radius 3 is 1.19 bits per heavy atom. The molecule has 4 rings (SSSR count). The summed E-state index contributed by atoms with van der Waals surface area (Å²) in [7, 11) is 0. The van der Waals surface area contributed by atoms with Crippen molar-refractivity contribution >= 4 is 22.7 Å². The summed E-state index contributed by atoms with van der Waals surface area (Å²) in [5, 5.41) is 4.71. The van der Waals surface area contributed by atoms with Crippen LogP contribution in [-0.4, -0.2) is 0 Å². The van der Waals surface area contributed by atoms with Crippen LogP contribution >= 0.6 is 0 Å². The SMILES string of the molecule is Cc1cccc(N(c2cccc(C)c2)N(c2ccc(C)cc2C)c2ccc(C)cc2C)c1. The van der Waals surface area contributed by atoms with E-state index in [1.807, 2.05) is 0 Å². The zero-order valence-electron chi connectivity index (χ0n) is 20.0. The molecule has 2 nitrogen and oxygen atoms in total. The molecule has 0 saturated heterocycles. The van der Waals surface area contributed by atoms with Crippen LogP contribution in [0.4, 0.5) is 22.7 Å². The second-order valence-electron chi connectivity index (χ2n) is 8.88. The number of anilines is 4. The average Bonchev–Trinajstić information content (AvgIpc) is 2.73. The second kappa shape index (κ2) is 8.92. The average molecular weight is 421 g/mol. The summed E-state index contributed by atoms with van der Waals surface area (Å²) in [6, 6.07) is 30.8. The fourth-order valence-corrected chi connectivity index (χ4v) is 4.33. The molecule has 0 aliphatic carbocycles. The lowest BCUT2D eigenvalue weighted by atomic mass is 10.1. The van der Waals surface area contributed by atoms with Gasteiger partial charge in [-0.05, 0) is 100 Å². The first-order valence-corrected chi connectivity index (χ1v) is 11.2. The molecule has 0 N–H and O–H groups in total. The quantitative estimate of drug-likeness (QED) is 0.299. The lowest BCUT2D eigenvalue weighted by Gasteiger charge is -2.40. The normalized spacial score (nSPS) is 10.8. The topological polar surface area (TPSA) is 6.48 Å². The molecule has 0 heterocycles. The van der Waals surface area contributed by atoms with E-state index in [0.29, 0.717) is 0 Å². The summed E-state index contributed by atoms with van der Waals surface area (Å²) >= 11 is 0. The van der Waals surface area contributed by atoms with Crippen LogP contribution in [0.25, 0.3) is 0 Å². The number of hydrogen-bond donors (Lipinski definition) is 0. The van der Waals surface area contributed by atoms with Gasteiger partial charge in [-0.3, -0.25) is 0 Å². The van der Waals surface area contributed by atoms with Gasteiger partial charge in [-0.2, -0.15) is 0 Å². The maximum absolute atomic E-state index is 2.37. The molecule has 4 aromatic rings. The molecular formula is C30H32N2. The lowest BCUT2D eigenvalue weighted by Crippen LogP contribution is -2.37. The summed E-state index contributed by atoms with van der Waals surface area (Å²) in [4.78, 5) is 0. The first-order valence-electron chi connectivity index (χ1n) is 11.2. The smallest absolute Gasteiger partial charge is 0.0666 e. The van der Waals surface area contributed by atoms with Crippen molar-refractivity contribution in [1.82, 2.24) is 0 Å². The second-order valence-corrected chi connectivity index (χ2v) is 8.88. The first kappa shape index (κ1) is 21.7. The Kier molecular flexibility index (Phi) is 6.05.